The number of carbonyl (C=O) groups is 1. The fraction of sp³-hybridized carbons (Fsp3) is 0.923. The van der Waals surface area contributed by atoms with Crippen molar-refractivity contribution in [2.24, 2.45) is 5.92 Å². The van der Waals surface area contributed by atoms with E-state index >= 15 is 0 Å². The third-order valence-corrected chi connectivity index (χ3v) is 4.32. The molecule has 2 rings (SSSR count). The van der Waals surface area contributed by atoms with Crippen LogP contribution in [-0.4, -0.2) is 53.2 Å². The van der Waals surface area contributed by atoms with Crippen LogP contribution >= 0.6 is 0 Å². The summed E-state index contributed by atoms with van der Waals surface area (Å²) >= 11 is 0. The summed E-state index contributed by atoms with van der Waals surface area (Å²) in [6, 6.07) is 0.396. The zero-order valence-electron chi connectivity index (χ0n) is 10.9. The Balaban J connectivity index is 2.09. The maximum absolute atomic E-state index is 12.2. The second-order valence-electron chi connectivity index (χ2n) is 5.45. The lowest BCUT2D eigenvalue weighted by Gasteiger charge is -2.45. The molecule has 1 saturated carbocycles. The van der Waals surface area contributed by atoms with Gasteiger partial charge in [0, 0.05) is 26.2 Å². The molecule has 2 fully saturated rings. The molecule has 3 atom stereocenters. The highest BCUT2D eigenvalue weighted by Crippen LogP contribution is 2.32. The van der Waals surface area contributed by atoms with E-state index in [0.717, 1.165) is 45.2 Å². The van der Waals surface area contributed by atoms with Gasteiger partial charge >= 0.3 is 6.03 Å². The van der Waals surface area contributed by atoms with Crippen molar-refractivity contribution >= 4 is 6.03 Å². The van der Waals surface area contributed by atoms with Crippen LogP contribution in [0.2, 0.25) is 0 Å². The Labute approximate surface area is 104 Å². The lowest BCUT2D eigenvalue weighted by atomic mass is 9.80. The van der Waals surface area contributed by atoms with Gasteiger partial charge in [0.05, 0.1) is 6.10 Å². The summed E-state index contributed by atoms with van der Waals surface area (Å²) in [6.45, 7) is 3.91. The summed E-state index contributed by atoms with van der Waals surface area (Å²) in [7, 11) is 1.87. The molecule has 1 aliphatic carbocycles. The molecule has 0 aromatic carbocycles. The first kappa shape index (κ1) is 12.7. The SMILES string of the molecule is CCC1CCC(O)CC1N1CCCN(C)C1=O. The van der Waals surface area contributed by atoms with Gasteiger partial charge in [0.1, 0.15) is 0 Å². The molecule has 1 heterocycles. The van der Waals surface area contributed by atoms with Crippen LogP contribution in [0.4, 0.5) is 4.79 Å². The summed E-state index contributed by atoms with van der Waals surface area (Å²) in [5.41, 5.74) is 0. The van der Waals surface area contributed by atoms with Gasteiger partial charge in [-0.25, -0.2) is 4.79 Å². The predicted molar refractivity (Wildman–Crippen MR) is 66.8 cm³/mol. The van der Waals surface area contributed by atoms with E-state index in [1.54, 1.807) is 4.90 Å². The van der Waals surface area contributed by atoms with E-state index in [1.165, 1.54) is 0 Å². The van der Waals surface area contributed by atoms with Gasteiger partial charge in [-0.2, -0.15) is 0 Å². The van der Waals surface area contributed by atoms with Crippen molar-refractivity contribution in [2.45, 2.75) is 51.2 Å². The molecule has 1 aliphatic heterocycles. The first-order valence-electron chi connectivity index (χ1n) is 6.83. The number of nitrogens with zero attached hydrogens (tertiary/aromatic N) is 2. The molecule has 1 saturated heterocycles. The Morgan fingerprint density at radius 1 is 1.35 bits per heavy atom. The van der Waals surface area contributed by atoms with Crippen LogP contribution < -0.4 is 0 Å². The topological polar surface area (TPSA) is 43.8 Å². The molecule has 2 aliphatic rings. The Morgan fingerprint density at radius 2 is 2.12 bits per heavy atom. The van der Waals surface area contributed by atoms with Crippen molar-refractivity contribution < 1.29 is 9.90 Å². The molecule has 0 aromatic rings. The van der Waals surface area contributed by atoms with Crippen molar-refractivity contribution in [3.05, 3.63) is 0 Å². The van der Waals surface area contributed by atoms with Gasteiger partial charge in [0.15, 0.2) is 0 Å². The fourth-order valence-corrected chi connectivity index (χ4v) is 3.24. The highest BCUT2D eigenvalue weighted by molar-refractivity contribution is 5.75. The van der Waals surface area contributed by atoms with Crippen molar-refractivity contribution in [1.82, 2.24) is 9.80 Å². The molecule has 0 bridgehead atoms. The summed E-state index contributed by atoms with van der Waals surface area (Å²) < 4.78 is 0. The zero-order valence-corrected chi connectivity index (χ0v) is 10.9. The Hall–Kier alpha value is -0.770. The average Bonchev–Trinajstić information content (AvgIpc) is 2.33. The van der Waals surface area contributed by atoms with Gasteiger partial charge in [-0.3, -0.25) is 0 Å². The van der Waals surface area contributed by atoms with E-state index in [9.17, 15) is 9.90 Å². The molecule has 98 valence electrons. The lowest BCUT2D eigenvalue weighted by Crippen LogP contribution is -2.55. The van der Waals surface area contributed by atoms with Crippen LogP contribution in [0.15, 0.2) is 0 Å². The minimum Gasteiger partial charge on any atom is -0.393 e. The molecule has 3 unspecified atom stereocenters. The minimum absolute atomic E-state index is 0.147. The maximum Gasteiger partial charge on any atom is 0.320 e. The molecule has 17 heavy (non-hydrogen) atoms. The van der Waals surface area contributed by atoms with E-state index in [2.05, 4.69) is 6.92 Å². The zero-order chi connectivity index (χ0) is 12.4. The van der Waals surface area contributed by atoms with Gasteiger partial charge in [0.25, 0.3) is 0 Å². The number of rotatable bonds is 2. The maximum atomic E-state index is 12.2. The van der Waals surface area contributed by atoms with Crippen LogP contribution in [-0.2, 0) is 0 Å². The number of amides is 2. The molecule has 1 N–H and O–H groups in total. The smallest absolute Gasteiger partial charge is 0.320 e. The van der Waals surface area contributed by atoms with Crippen molar-refractivity contribution in [1.29, 1.82) is 0 Å². The summed E-state index contributed by atoms with van der Waals surface area (Å²) in [6.07, 6.45) is 4.64. The number of carbonyl (C=O) groups excluding carboxylic acids is 1. The van der Waals surface area contributed by atoms with Gasteiger partial charge in [-0.1, -0.05) is 13.3 Å². The highest BCUT2D eigenvalue weighted by atomic mass is 16.3. The number of aliphatic hydroxyl groups is 1. The molecule has 4 heteroatoms. The molecule has 0 radical (unpaired) electrons. The fourth-order valence-electron chi connectivity index (χ4n) is 3.24. The van der Waals surface area contributed by atoms with E-state index in [-0.39, 0.29) is 18.2 Å². The monoisotopic (exact) mass is 240 g/mol. The highest BCUT2D eigenvalue weighted by Gasteiger charge is 2.37. The van der Waals surface area contributed by atoms with Gasteiger partial charge in [-0.15, -0.1) is 0 Å². The lowest BCUT2D eigenvalue weighted by molar-refractivity contribution is 0.0253. The van der Waals surface area contributed by atoms with Crippen LogP contribution in [0.3, 0.4) is 0 Å². The molecule has 2 amide bonds. The molecule has 4 nitrogen and oxygen atoms in total. The van der Waals surface area contributed by atoms with E-state index < -0.39 is 0 Å². The normalized spacial score (nSPS) is 35.2. The number of hydrogen-bond acceptors (Lipinski definition) is 2. The third-order valence-electron chi connectivity index (χ3n) is 4.32. The van der Waals surface area contributed by atoms with Gasteiger partial charge in [-0.05, 0) is 31.6 Å². The standard InChI is InChI=1S/C13H24N2O2/c1-3-10-5-6-11(16)9-12(10)15-8-4-7-14(2)13(15)17/h10-12,16H,3-9H2,1-2H3. The number of hydrogen-bond donors (Lipinski definition) is 1. The first-order valence-corrected chi connectivity index (χ1v) is 6.83. The number of urea groups is 1. The second kappa shape index (κ2) is 5.25. The average molecular weight is 240 g/mol. The Bertz CT molecular complexity index is 283. The Morgan fingerprint density at radius 3 is 2.82 bits per heavy atom. The van der Waals surface area contributed by atoms with Gasteiger partial charge in [0.2, 0.25) is 0 Å². The first-order chi connectivity index (χ1) is 8.13. The van der Waals surface area contributed by atoms with Crippen LogP contribution in [0.5, 0.6) is 0 Å². The van der Waals surface area contributed by atoms with Crippen molar-refractivity contribution in [2.75, 3.05) is 20.1 Å². The van der Waals surface area contributed by atoms with Crippen molar-refractivity contribution in [3.8, 4) is 0 Å². The van der Waals surface area contributed by atoms with Crippen LogP contribution in [0.1, 0.15) is 39.0 Å². The molecule has 0 aromatic heterocycles. The predicted octanol–water partition coefficient (Wildman–Crippen LogP) is 1.68. The third kappa shape index (κ3) is 2.57. The van der Waals surface area contributed by atoms with E-state index in [0.29, 0.717) is 5.92 Å². The molecular weight excluding hydrogens is 216 g/mol. The van der Waals surface area contributed by atoms with E-state index in [4.69, 9.17) is 0 Å². The number of aliphatic hydroxyl groups excluding tert-OH is 1. The largest absolute Gasteiger partial charge is 0.393 e. The Kier molecular flexibility index (Phi) is 3.92. The summed E-state index contributed by atoms with van der Waals surface area (Å²) in [5, 5.41) is 9.82. The van der Waals surface area contributed by atoms with Crippen molar-refractivity contribution in [3.63, 3.8) is 0 Å². The molecular formula is C13H24N2O2. The minimum atomic E-state index is -0.220. The second-order valence-corrected chi connectivity index (χ2v) is 5.45. The quantitative estimate of drug-likeness (QED) is 0.798. The van der Waals surface area contributed by atoms with E-state index in [1.807, 2.05) is 11.9 Å². The van der Waals surface area contributed by atoms with Crippen LogP contribution in [0, 0.1) is 5.92 Å². The summed E-state index contributed by atoms with van der Waals surface area (Å²) in [4.78, 5) is 16.0. The van der Waals surface area contributed by atoms with Gasteiger partial charge < -0.3 is 14.9 Å². The van der Waals surface area contributed by atoms with Crippen LogP contribution in [0.25, 0.3) is 0 Å². The summed E-state index contributed by atoms with van der Waals surface area (Å²) in [5.74, 6) is 0.564. The molecule has 0 spiro atoms.